The first-order valence-corrected chi connectivity index (χ1v) is 16.3. The van der Waals surface area contributed by atoms with Crippen molar-refractivity contribution in [2.75, 3.05) is 4.90 Å². The number of furan rings is 1. The number of rotatable bonds is 6. The molecule has 0 N–H and O–H groups in total. The largest absolute Gasteiger partial charge is 0.456 e. The second kappa shape index (κ2) is 11.8. The third-order valence-corrected chi connectivity index (χ3v) is 9.23. The predicted octanol–water partition coefficient (Wildman–Crippen LogP) is 13.2. The van der Waals surface area contributed by atoms with Gasteiger partial charge in [0.05, 0.1) is 0 Å². The van der Waals surface area contributed by atoms with Crippen LogP contribution < -0.4 is 4.90 Å². The van der Waals surface area contributed by atoms with E-state index in [0.717, 1.165) is 50.1 Å². The van der Waals surface area contributed by atoms with Crippen molar-refractivity contribution in [1.82, 2.24) is 0 Å². The van der Waals surface area contributed by atoms with Gasteiger partial charge in [-0.25, -0.2) is 0 Å². The zero-order valence-corrected chi connectivity index (χ0v) is 26.3. The second-order valence-corrected chi connectivity index (χ2v) is 12.2. The highest BCUT2D eigenvalue weighted by molar-refractivity contribution is 6.06. The molecule has 0 spiro atoms. The van der Waals surface area contributed by atoms with Crippen molar-refractivity contribution in [1.29, 1.82) is 0 Å². The van der Waals surface area contributed by atoms with Gasteiger partial charge in [0.25, 0.3) is 0 Å². The third-order valence-electron chi connectivity index (χ3n) is 9.23. The maximum absolute atomic E-state index is 6.12. The number of benzene rings is 8. The maximum Gasteiger partial charge on any atom is 0.135 e. The average Bonchev–Trinajstić information content (AvgIpc) is 3.54. The lowest BCUT2D eigenvalue weighted by atomic mass is 9.98. The minimum Gasteiger partial charge on any atom is -0.456 e. The third kappa shape index (κ3) is 5.10. The number of hydrogen-bond acceptors (Lipinski definition) is 2. The van der Waals surface area contributed by atoms with Gasteiger partial charge in [0.2, 0.25) is 0 Å². The summed E-state index contributed by atoms with van der Waals surface area (Å²) >= 11 is 0. The summed E-state index contributed by atoms with van der Waals surface area (Å²) in [5, 5.41) is 4.71. The Morgan fingerprint density at radius 3 is 1.69 bits per heavy atom. The molecule has 9 aromatic rings. The lowest BCUT2D eigenvalue weighted by Gasteiger charge is -2.26. The van der Waals surface area contributed by atoms with Crippen molar-refractivity contribution in [3.8, 4) is 33.4 Å². The highest BCUT2D eigenvalue weighted by atomic mass is 16.3. The molecule has 226 valence electrons. The molecule has 0 radical (unpaired) electrons. The summed E-state index contributed by atoms with van der Waals surface area (Å²) in [6.45, 7) is 0. The summed E-state index contributed by atoms with van der Waals surface area (Å²) < 4.78 is 6.12. The Morgan fingerprint density at radius 2 is 0.854 bits per heavy atom. The Kier molecular flexibility index (Phi) is 6.84. The number of hydrogen-bond donors (Lipinski definition) is 0. The summed E-state index contributed by atoms with van der Waals surface area (Å²) in [4.78, 5) is 2.35. The molecule has 48 heavy (non-hydrogen) atoms. The van der Waals surface area contributed by atoms with Gasteiger partial charge < -0.3 is 9.32 Å². The maximum atomic E-state index is 6.12. The van der Waals surface area contributed by atoms with Gasteiger partial charge in [-0.2, -0.15) is 0 Å². The number of anilines is 3. The van der Waals surface area contributed by atoms with Crippen LogP contribution in [-0.4, -0.2) is 0 Å². The van der Waals surface area contributed by atoms with E-state index in [2.05, 4.69) is 181 Å². The van der Waals surface area contributed by atoms with Crippen LogP contribution in [0.25, 0.3) is 66.1 Å². The fourth-order valence-electron chi connectivity index (χ4n) is 6.81. The molecule has 2 nitrogen and oxygen atoms in total. The Hall–Kier alpha value is -6.38. The van der Waals surface area contributed by atoms with E-state index in [1.807, 2.05) is 12.1 Å². The minimum atomic E-state index is 0.906. The van der Waals surface area contributed by atoms with Crippen LogP contribution in [0.5, 0.6) is 0 Å². The molecule has 2 heteroatoms. The van der Waals surface area contributed by atoms with Crippen LogP contribution in [0.15, 0.2) is 192 Å². The lowest BCUT2D eigenvalue weighted by molar-refractivity contribution is 0.669. The van der Waals surface area contributed by atoms with Gasteiger partial charge in [0.1, 0.15) is 11.2 Å². The highest BCUT2D eigenvalue weighted by Crippen LogP contribution is 2.40. The fraction of sp³-hybridized carbons (Fsp3) is 0. The Labute approximate surface area is 279 Å². The molecule has 0 aliphatic carbocycles. The first kappa shape index (κ1) is 27.9. The van der Waals surface area contributed by atoms with E-state index in [9.17, 15) is 0 Å². The molecule has 0 aliphatic heterocycles. The highest BCUT2D eigenvalue weighted by Gasteiger charge is 2.16. The zero-order valence-electron chi connectivity index (χ0n) is 26.3. The summed E-state index contributed by atoms with van der Waals surface area (Å²) in [7, 11) is 0. The van der Waals surface area contributed by atoms with Gasteiger partial charge in [-0.3, -0.25) is 0 Å². The van der Waals surface area contributed by atoms with Crippen molar-refractivity contribution in [3.63, 3.8) is 0 Å². The van der Waals surface area contributed by atoms with E-state index >= 15 is 0 Å². The molecular weight excluding hydrogens is 583 g/mol. The predicted molar refractivity (Wildman–Crippen MR) is 202 cm³/mol. The quantitative estimate of drug-likeness (QED) is 0.185. The van der Waals surface area contributed by atoms with Gasteiger partial charge in [-0.05, 0) is 105 Å². The number of fused-ring (bicyclic) bond motifs is 4. The Balaban J connectivity index is 1.13. The average molecular weight is 614 g/mol. The molecule has 0 saturated carbocycles. The molecule has 0 atom stereocenters. The van der Waals surface area contributed by atoms with E-state index in [-0.39, 0.29) is 0 Å². The fourth-order valence-corrected chi connectivity index (χ4v) is 6.81. The normalized spacial score (nSPS) is 11.3. The van der Waals surface area contributed by atoms with Gasteiger partial charge >= 0.3 is 0 Å². The molecule has 0 fully saturated rings. The van der Waals surface area contributed by atoms with Crippen LogP contribution in [0.3, 0.4) is 0 Å². The standard InChI is InChI=1S/C46H31NO/c1-2-10-32(11-3-1)35-14-8-15-36(28-35)34-20-24-40(25-21-34)47(42-26-22-33-12-4-5-13-37(33)29-42)41-17-9-16-38(30-41)39-23-27-46-44(31-39)43-18-6-7-19-45(43)48-46/h1-31H. The van der Waals surface area contributed by atoms with Crippen LogP contribution in [-0.2, 0) is 0 Å². The monoisotopic (exact) mass is 613 g/mol. The Bertz CT molecular complexity index is 2560. The van der Waals surface area contributed by atoms with Gasteiger partial charge in [-0.1, -0.05) is 127 Å². The molecule has 0 unspecified atom stereocenters. The van der Waals surface area contributed by atoms with Crippen molar-refractivity contribution < 1.29 is 4.42 Å². The van der Waals surface area contributed by atoms with E-state index in [0.29, 0.717) is 0 Å². The van der Waals surface area contributed by atoms with E-state index < -0.39 is 0 Å². The molecule has 9 rings (SSSR count). The smallest absolute Gasteiger partial charge is 0.135 e. The minimum absolute atomic E-state index is 0.906. The molecular formula is C46H31NO. The lowest BCUT2D eigenvalue weighted by Crippen LogP contribution is -2.10. The number of para-hydroxylation sites is 1. The zero-order chi connectivity index (χ0) is 31.9. The van der Waals surface area contributed by atoms with Crippen LogP contribution in [0.4, 0.5) is 17.1 Å². The number of nitrogens with zero attached hydrogens (tertiary/aromatic N) is 1. The first-order chi connectivity index (χ1) is 23.8. The van der Waals surface area contributed by atoms with E-state index in [1.165, 1.54) is 33.0 Å². The van der Waals surface area contributed by atoms with Crippen LogP contribution in [0, 0.1) is 0 Å². The van der Waals surface area contributed by atoms with Crippen LogP contribution in [0.2, 0.25) is 0 Å². The van der Waals surface area contributed by atoms with Crippen molar-refractivity contribution in [2.24, 2.45) is 0 Å². The molecule has 0 bridgehead atoms. The first-order valence-electron chi connectivity index (χ1n) is 16.3. The summed E-state index contributed by atoms with van der Waals surface area (Å²) in [5.74, 6) is 0. The molecule has 1 aromatic heterocycles. The summed E-state index contributed by atoms with van der Waals surface area (Å²) in [6, 6.07) is 67.1. The molecule has 8 aromatic carbocycles. The summed E-state index contributed by atoms with van der Waals surface area (Å²) in [6.07, 6.45) is 0. The van der Waals surface area contributed by atoms with Gasteiger partial charge in [0, 0.05) is 27.8 Å². The van der Waals surface area contributed by atoms with Crippen molar-refractivity contribution in [2.45, 2.75) is 0 Å². The molecule has 0 saturated heterocycles. The van der Waals surface area contributed by atoms with Gasteiger partial charge in [0.15, 0.2) is 0 Å². The van der Waals surface area contributed by atoms with Crippen molar-refractivity contribution >= 4 is 49.8 Å². The van der Waals surface area contributed by atoms with E-state index in [4.69, 9.17) is 4.42 Å². The molecule has 1 heterocycles. The molecule has 0 amide bonds. The summed E-state index contributed by atoms with van der Waals surface area (Å²) in [5.41, 5.74) is 12.3. The van der Waals surface area contributed by atoms with Gasteiger partial charge in [-0.15, -0.1) is 0 Å². The Morgan fingerprint density at radius 1 is 0.292 bits per heavy atom. The van der Waals surface area contributed by atoms with Crippen molar-refractivity contribution in [3.05, 3.63) is 188 Å². The van der Waals surface area contributed by atoms with E-state index in [1.54, 1.807) is 0 Å². The topological polar surface area (TPSA) is 16.4 Å². The molecule has 0 aliphatic rings. The van der Waals surface area contributed by atoms with Crippen LogP contribution >= 0.6 is 0 Å². The second-order valence-electron chi connectivity index (χ2n) is 12.2. The van der Waals surface area contributed by atoms with Crippen LogP contribution in [0.1, 0.15) is 0 Å². The SMILES string of the molecule is c1ccc(-c2cccc(-c3ccc(N(c4cccc(-c5ccc6oc7ccccc7c6c5)c4)c4ccc5ccccc5c4)cc3)c2)cc1.